The molecule has 1 aromatic carbocycles. The SMILES string of the molecule is CN(N)C1CN(c2ccccc2-c2sc3c(c2C(=O)O)CC(C)(C)CC3)C1. The van der Waals surface area contributed by atoms with Gasteiger partial charge in [-0.2, -0.15) is 0 Å². The first-order valence-electron chi connectivity index (χ1n) is 9.46. The van der Waals surface area contributed by atoms with Gasteiger partial charge in [-0.05, 0) is 36.3 Å². The van der Waals surface area contributed by atoms with Gasteiger partial charge >= 0.3 is 5.97 Å². The van der Waals surface area contributed by atoms with Crippen molar-refractivity contribution in [2.75, 3.05) is 25.0 Å². The average Bonchev–Trinajstić information content (AvgIpc) is 2.90. The van der Waals surface area contributed by atoms with E-state index in [0.717, 1.165) is 54.0 Å². The van der Waals surface area contributed by atoms with Crippen LogP contribution in [0.1, 0.15) is 41.1 Å². The second kappa shape index (κ2) is 6.62. The van der Waals surface area contributed by atoms with Crippen molar-refractivity contribution in [2.45, 2.75) is 39.2 Å². The molecule has 6 heteroatoms. The van der Waals surface area contributed by atoms with E-state index in [4.69, 9.17) is 5.84 Å². The van der Waals surface area contributed by atoms with Crippen LogP contribution in [-0.2, 0) is 12.8 Å². The van der Waals surface area contributed by atoms with E-state index in [1.54, 1.807) is 16.3 Å². The number of rotatable bonds is 4. The Morgan fingerprint density at radius 2 is 2.04 bits per heavy atom. The Morgan fingerprint density at radius 1 is 1.33 bits per heavy atom. The van der Waals surface area contributed by atoms with Crippen LogP contribution >= 0.6 is 11.3 Å². The third kappa shape index (κ3) is 3.26. The number of carboxylic acid groups (broad SMARTS) is 1. The maximum Gasteiger partial charge on any atom is 0.337 e. The van der Waals surface area contributed by atoms with Gasteiger partial charge in [0, 0.05) is 36.3 Å². The molecule has 27 heavy (non-hydrogen) atoms. The first kappa shape index (κ1) is 18.5. The molecule has 0 amide bonds. The molecule has 1 fully saturated rings. The Hall–Kier alpha value is -1.89. The number of carbonyl (C=O) groups is 1. The van der Waals surface area contributed by atoms with Gasteiger partial charge in [0.05, 0.1) is 16.5 Å². The number of aromatic carboxylic acids is 1. The number of nitrogens with zero attached hydrogens (tertiary/aromatic N) is 2. The van der Waals surface area contributed by atoms with Gasteiger partial charge in [-0.15, -0.1) is 11.3 Å². The Kier molecular flexibility index (Phi) is 4.53. The molecule has 0 bridgehead atoms. The molecule has 0 saturated carbocycles. The van der Waals surface area contributed by atoms with Gasteiger partial charge in [0.2, 0.25) is 0 Å². The minimum absolute atomic E-state index is 0.158. The molecule has 0 radical (unpaired) electrons. The van der Waals surface area contributed by atoms with Crippen molar-refractivity contribution in [2.24, 2.45) is 11.3 Å². The largest absolute Gasteiger partial charge is 0.478 e. The molecule has 0 unspecified atom stereocenters. The highest BCUT2D eigenvalue weighted by atomic mass is 32.1. The maximum atomic E-state index is 12.2. The van der Waals surface area contributed by atoms with E-state index in [1.165, 1.54) is 4.88 Å². The van der Waals surface area contributed by atoms with Crippen LogP contribution in [0.25, 0.3) is 10.4 Å². The molecule has 0 atom stereocenters. The monoisotopic (exact) mass is 385 g/mol. The summed E-state index contributed by atoms with van der Waals surface area (Å²) in [6.07, 6.45) is 2.92. The fraction of sp³-hybridized carbons (Fsp3) is 0.476. The van der Waals surface area contributed by atoms with Crippen molar-refractivity contribution in [3.05, 3.63) is 40.3 Å². The molecular weight excluding hydrogens is 358 g/mol. The van der Waals surface area contributed by atoms with Gasteiger partial charge in [0.25, 0.3) is 0 Å². The number of nitrogens with two attached hydrogens (primary N) is 1. The maximum absolute atomic E-state index is 12.2. The van der Waals surface area contributed by atoms with Crippen LogP contribution in [0.3, 0.4) is 0 Å². The Balaban J connectivity index is 1.77. The van der Waals surface area contributed by atoms with Gasteiger partial charge in [-0.1, -0.05) is 32.0 Å². The lowest BCUT2D eigenvalue weighted by Gasteiger charge is -2.44. The number of fused-ring (bicyclic) bond motifs is 1. The smallest absolute Gasteiger partial charge is 0.337 e. The summed E-state index contributed by atoms with van der Waals surface area (Å²) in [6, 6.07) is 8.52. The topological polar surface area (TPSA) is 69.8 Å². The Labute approximate surface area is 164 Å². The highest BCUT2D eigenvalue weighted by Gasteiger charge is 2.35. The predicted molar refractivity (Wildman–Crippen MR) is 110 cm³/mol. The number of anilines is 1. The van der Waals surface area contributed by atoms with Gasteiger partial charge in [-0.3, -0.25) is 5.84 Å². The van der Waals surface area contributed by atoms with Crippen molar-refractivity contribution in [1.82, 2.24) is 5.01 Å². The van der Waals surface area contributed by atoms with Crippen molar-refractivity contribution >= 4 is 23.0 Å². The predicted octanol–water partition coefficient (Wildman–Crippen LogP) is 3.62. The zero-order valence-electron chi connectivity index (χ0n) is 16.2. The Morgan fingerprint density at radius 3 is 2.70 bits per heavy atom. The minimum atomic E-state index is -0.807. The Bertz CT molecular complexity index is 882. The summed E-state index contributed by atoms with van der Waals surface area (Å²) in [5.74, 6) is 5.07. The lowest BCUT2D eigenvalue weighted by Crippen LogP contribution is -2.60. The number of thiophene rings is 1. The number of hydrazine groups is 1. The second-order valence-electron chi connectivity index (χ2n) is 8.60. The number of benzene rings is 1. The van der Waals surface area contributed by atoms with Crippen molar-refractivity contribution in [3.8, 4) is 10.4 Å². The summed E-state index contributed by atoms with van der Waals surface area (Å²) in [7, 11) is 1.89. The van der Waals surface area contributed by atoms with Gasteiger partial charge < -0.3 is 10.0 Å². The van der Waals surface area contributed by atoms with Crippen LogP contribution in [-0.4, -0.2) is 42.3 Å². The molecule has 1 saturated heterocycles. The highest BCUT2D eigenvalue weighted by molar-refractivity contribution is 7.16. The summed E-state index contributed by atoms with van der Waals surface area (Å²) in [6.45, 7) is 6.20. The van der Waals surface area contributed by atoms with Crippen molar-refractivity contribution in [1.29, 1.82) is 0 Å². The number of hydrogen-bond acceptors (Lipinski definition) is 5. The fourth-order valence-corrected chi connectivity index (χ4v) is 5.53. The van der Waals surface area contributed by atoms with Crippen LogP contribution in [0.2, 0.25) is 0 Å². The van der Waals surface area contributed by atoms with E-state index in [-0.39, 0.29) is 5.41 Å². The minimum Gasteiger partial charge on any atom is -0.478 e. The lowest BCUT2D eigenvalue weighted by atomic mass is 9.76. The van der Waals surface area contributed by atoms with E-state index in [1.807, 2.05) is 19.2 Å². The molecule has 1 aliphatic heterocycles. The first-order valence-corrected chi connectivity index (χ1v) is 10.3. The van der Waals surface area contributed by atoms with E-state index < -0.39 is 5.97 Å². The summed E-state index contributed by atoms with van der Waals surface area (Å²) >= 11 is 1.67. The molecule has 2 aliphatic rings. The molecule has 5 nitrogen and oxygen atoms in total. The molecule has 0 spiro atoms. The van der Waals surface area contributed by atoms with Gasteiger partial charge in [0.1, 0.15) is 0 Å². The van der Waals surface area contributed by atoms with E-state index in [2.05, 4.69) is 30.9 Å². The van der Waals surface area contributed by atoms with Crippen LogP contribution in [0.4, 0.5) is 5.69 Å². The molecule has 3 N–H and O–H groups in total. The van der Waals surface area contributed by atoms with E-state index in [0.29, 0.717) is 11.6 Å². The van der Waals surface area contributed by atoms with Crippen LogP contribution < -0.4 is 10.7 Å². The van der Waals surface area contributed by atoms with E-state index >= 15 is 0 Å². The third-order valence-corrected chi connectivity index (χ3v) is 7.24. The number of para-hydroxylation sites is 1. The molecular formula is C21H27N3O2S. The van der Waals surface area contributed by atoms with Gasteiger partial charge in [0.15, 0.2) is 0 Å². The van der Waals surface area contributed by atoms with Gasteiger partial charge in [-0.25, -0.2) is 9.80 Å². The molecule has 1 aliphatic carbocycles. The number of hydrogen-bond donors (Lipinski definition) is 2. The van der Waals surface area contributed by atoms with Crippen molar-refractivity contribution < 1.29 is 9.90 Å². The molecule has 2 aromatic rings. The normalized spacial score (nSPS) is 19.1. The summed E-state index contributed by atoms with van der Waals surface area (Å²) < 4.78 is 0. The van der Waals surface area contributed by atoms with E-state index in [9.17, 15) is 9.90 Å². The standard InChI is InChI=1S/C21H27N3O2S/c1-21(2)9-8-17-15(10-21)18(20(25)26)19(27-17)14-6-4-5-7-16(14)24-11-13(12-24)23(3)22/h4-7,13H,8-12,22H2,1-3H3,(H,25,26). The summed E-state index contributed by atoms with van der Waals surface area (Å²) in [5, 5.41) is 11.8. The average molecular weight is 386 g/mol. The summed E-state index contributed by atoms with van der Waals surface area (Å²) in [4.78, 5) is 16.7. The number of aryl methyl sites for hydroxylation is 1. The molecule has 4 rings (SSSR count). The molecule has 1 aromatic heterocycles. The van der Waals surface area contributed by atoms with Crippen LogP contribution in [0.15, 0.2) is 24.3 Å². The highest BCUT2D eigenvalue weighted by Crippen LogP contribution is 2.47. The van der Waals surface area contributed by atoms with Crippen molar-refractivity contribution in [3.63, 3.8) is 0 Å². The van der Waals surface area contributed by atoms with Crippen LogP contribution in [0, 0.1) is 5.41 Å². The summed E-state index contributed by atoms with van der Waals surface area (Å²) in [5.41, 5.74) is 3.87. The quantitative estimate of drug-likeness (QED) is 0.621. The number of likely N-dealkylation sites (N-methyl/N-ethyl adjacent to an activating group) is 1. The second-order valence-corrected chi connectivity index (χ2v) is 9.70. The third-order valence-electron chi connectivity index (χ3n) is 5.92. The van der Waals surface area contributed by atoms with Crippen LogP contribution in [0.5, 0.6) is 0 Å². The zero-order chi connectivity index (χ0) is 19.3. The molecule has 144 valence electrons. The first-order chi connectivity index (χ1) is 12.8. The number of carboxylic acids is 1. The fourth-order valence-electron chi connectivity index (χ4n) is 4.19. The zero-order valence-corrected chi connectivity index (χ0v) is 17.0. The molecule has 2 heterocycles. The lowest BCUT2D eigenvalue weighted by molar-refractivity contribution is 0.0696.